The molecule has 8 heteroatoms. The normalized spacial score (nSPS) is 11.4. The Balaban J connectivity index is 2.17. The number of nitrogens with zero attached hydrogens (tertiary/aromatic N) is 2. The summed E-state index contributed by atoms with van der Waals surface area (Å²) in [6.45, 7) is 3.82. The number of methoxy groups -OCH3 is 1. The maximum Gasteiger partial charge on any atom is 0.423 e. The van der Waals surface area contributed by atoms with Gasteiger partial charge in [0.2, 0.25) is 11.8 Å². The van der Waals surface area contributed by atoms with E-state index in [1.807, 2.05) is 13.8 Å². The lowest BCUT2D eigenvalue weighted by Crippen LogP contribution is -2.11. The van der Waals surface area contributed by atoms with Gasteiger partial charge in [0.05, 0.1) is 13.2 Å². The van der Waals surface area contributed by atoms with Crippen LogP contribution in [0.3, 0.4) is 0 Å². The number of rotatable bonds is 5. The molecule has 2 aromatic rings. The van der Waals surface area contributed by atoms with Crippen molar-refractivity contribution in [1.29, 1.82) is 0 Å². The maximum absolute atomic E-state index is 12.7. The van der Waals surface area contributed by atoms with Gasteiger partial charge in [-0.2, -0.15) is 18.2 Å². The highest BCUT2D eigenvalue weighted by Gasteiger charge is 2.36. The summed E-state index contributed by atoms with van der Waals surface area (Å²) < 4.78 is 48.4. The van der Waals surface area contributed by atoms with E-state index >= 15 is 0 Å². The molecule has 0 radical (unpaired) electrons. The monoisotopic (exact) mass is 327 g/mol. The van der Waals surface area contributed by atoms with Gasteiger partial charge in [-0.25, -0.2) is 4.98 Å². The van der Waals surface area contributed by atoms with Crippen molar-refractivity contribution >= 4 is 11.6 Å². The smallest absolute Gasteiger partial charge is 0.423 e. The van der Waals surface area contributed by atoms with E-state index in [-0.39, 0.29) is 12.1 Å². The molecule has 0 aliphatic heterocycles. The average Bonchev–Trinajstić information content (AvgIpc) is 2.47. The Morgan fingerprint density at radius 3 is 2.30 bits per heavy atom. The summed E-state index contributed by atoms with van der Waals surface area (Å²) >= 11 is 0. The van der Waals surface area contributed by atoms with Crippen molar-refractivity contribution in [2.24, 2.45) is 0 Å². The molecule has 124 valence electrons. The lowest BCUT2D eigenvalue weighted by Gasteiger charge is -2.13. The van der Waals surface area contributed by atoms with Gasteiger partial charge in [0.1, 0.15) is 11.3 Å². The molecule has 0 saturated carbocycles. The second kappa shape index (κ2) is 6.72. The summed E-state index contributed by atoms with van der Waals surface area (Å²) in [5.74, 6) is 0.165. The lowest BCUT2D eigenvalue weighted by molar-refractivity contribution is -0.139. The highest BCUT2D eigenvalue weighted by molar-refractivity contribution is 5.55. The SMILES string of the molecule is COc1nc(Nc2ccc(OC(C)C)cc2)ncc1C(F)(F)F. The van der Waals surface area contributed by atoms with Gasteiger partial charge in [-0.05, 0) is 38.1 Å². The van der Waals surface area contributed by atoms with Gasteiger partial charge in [-0.1, -0.05) is 0 Å². The van der Waals surface area contributed by atoms with Gasteiger partial charge in [-0.15, -0.1) is 0 Å². The average molecular weight is 327 g/mol. The van der Waals surface area contributed by atoms with Gasteiger partial charge < -0.3 is 14.8 Å². The molecule has 0 aliphatic carbocycles. The zero-order valence-electron chi connectivity index (χ0n) is 12.8. The Labute approximate surface area is 131 Å². The quantitative estimate of drug-likeness (QED) is 0.898. The van der Waals surface area contributed by atoms with E-state index in [0.717, 1.165) is 7.11 Å². The van der Waals surface area contributed by atoms with Crippen LogP contribution in [0.4, 0.5) is 24.8 Å². The number of ether oxygens (including phenoxy) is 2. The van der Waals surface area contributed by atoms with Crippen LogP contribution in [0.5, 0.6) is 11.6 Å². The van der Waals surface area contributed by atoms with Crippen LogP contribution in [0.25, 0.3) is 0 Å². The topological polar surface area (TPSA) is 56.3 Å². The number of benzene rings is 1. The number of anilines is 2. The first-order valence-electron chi connectivity index (χ1n) is 6.81. The molecule has 0 aliphatic rings. The van der Waals surface area contributed by atoms with Crippen molar-refractivity contribution < 1.29 is 22.6 Å². The molecule has 1 aromatic carbocycles. The minimum atomic E-state index is -4.57. The van der Waals surface area contributed by atoms with E-state index in [4.69, 9.17) is 4.74 Å². The van der Waals surface area contributed by atoms with Crippen molar-refractivity contribution in [2.75, 3.05) is 12.4 Å². The van der Waals surface area contributed by atoms with Crippen molar-refractivity contribution in [2.45, 2.75) is 26.1 Å². The molecule has 0 saturated heterocycles. The predicted molar refractivity (Wildman–Crippen MR) is 79.1 cm³/mol. The van der Waals surface area contributed by atoms with E-state index < -0.39 is 17.6 Å². The van der Waals surface area contributed by atoms with Crippen molar-refractivity contribution in [3.8, 4) is 11.6 Å². The zero-order chi connectivity index (χ0) is 17.0. The Morgan fingerprint density at radius 2 is 1.78 bits per heavy atom. The molecule has 5 nitrogen and oxygen atoms in total. The molecular weight excluding hydrogens is 311 g/mol. The molecule has 0 amide bonds. The fraction of sp³-hybridized carbons (Fsp3) is 0.333. The van der Waals surface area contributed by atoms with E-state index in [1.54, 1.807) is 24.3 Å². The Bertz CT molecular complexity index is 658. The second-order valence-electron chi connectivity index (χ2n) is 4.93. The molecule has 0 bridgehead atoms. The van der Waals surface area contributed by atoms with Crippen LogP contribution in [0.15, 0.2) is 30.5 Å². The number of hydrogen-bond acceptors (Lipinski definition) is 5. The fourth-order valence-electron chi connectivity index (χ4n) is 1.79. The summed E-state index contributed by atoms with van der Waals surface area (Å²) in [6.07, 6.45) is -3.83. The van der Waals surface area contributed by atoms with Crippen molar-refractivity contribution in [3.05, 3.63) is 36.0 Å². The first kappa shape index (κ1) is 16.9. The molecule has 1 heterocycles. The van der Waals surface area contributed by atoms with Crippen molar-refractivity contribution in [3.63, 3.8) is 0 Å². The van der Waals surface area contributed by atoms with Crippen LogP contribution in [0.2, 0.25) is 0 Å². The summed E-state index contributed by atoms with van der Waals surface area (Å²) in [4.78, 5) is 7.39. The Morgan fingerprint density at radius 1 is 1.13 bits per heavy atom. The summed E-state index contributed by atoms with van der Waals surface area (Å²) in [6, 6.07) is 6.91. The Hall–Kier alpha value is -2.51. The zero-order valence-corrected chi connectivity index (χ0v) is 12.8. The van der Waals surface area contributed by atoms with Crippen LogP contribution in [0.1, 0.15) is 19.4 Å². The molecule has 1 N–H and O–H groups in total. The molecule has 0 fully saturated rings. The third-order valence-electron chi connectivity index (χ3n) is 2.73. The number of nitrogens with one attached hydrogen (secondary N) is 1. The standard InChI is InChI=1S/C15H16F3N3O2/c1-9(2)23-11-6-4-10(5-7-11)20-14-19-8-12(15(16,17)18)13(21-14)22-3/h4-9H,1-3H3,(H,19,20,21). The number of hydrogen-bond donors (Lipinski definition) is 1. The Kier molecular flexibility index (Phi) is 4.92. The minimum Gasteiger partial charge on any atom is -0.491 e. The van der Waals surface area contributed by atoms with Gasteiger partial charge in [0.25, 0.3) is 0 Å². The van der Waals surface area contributed by atoms with E-state index in [0.29, 0.717) is 17.6 Å². The molecular formula is C15H16F3N3O2. The largest absolute Gasteiger partial charge is 0.491 e. The number of aromatic nitrogens is 2. The molecule has 0 spiro atoms. The number of alkyl halides is 3. The molecule has 23 heavy (non-hydrogen) atoms. The van der Waals surface area contributed by atoms with Crippen LogP contribution in [0, 0.1) is 0 Å². The van der Waals surface area contributed by atoms with Gasteiger partial charge >= 0.3 is 6.18 Å². The van der Waals surface area contributed by atoms with Crippen LogP contribution in [-0.4, -0.2) is 23.2 Å². The van der Waals surface area contributed by atoms with Crippen molar-refractivity contribution in [1.82, 2.24) is 9.97 Å². The molecule has 0 unspecified atom stereocenters. The predicted octanol–water partition coefficient (Wildman–Crippen LogP) is 4.03. The first-order valence-corrected chi connectivity index (χ1v) is 6.81. The third-order valence-corrected chi connectivity index (χ3v) is 2.73. The van der Waals surface area contributed by atoms with E-state index in [2.05, 4.69) is 20.0 Å². The van der Waals surface area contributed by atoms with Crippen LogP contribution >= 0.6 is 0 Å². The van der Waals surface area contributed by atoms with Crippen LogP contribution in [-0.2, 0) is 6.18 Å². The second-order valence-corrected chi connectivity index (χ2v) is 4.93. The maximum atomic E-state index is 12.7. The fourth-order valence-corrected chi connectivity index (χ4v) is 1.79. The van der Waals surface area contributed by atoms with E-state index in [9.17, 15) is 13.2 Å². The molecule has 0 atom stereocenters. The third kappa shape index (κ3) is 4.48. The summed E-state index contributed by atoms with van der Waals surface area (Å²) in [5.41, 5.74) is -0.408. The highest BCUT2D eigenvalue weighted by atomic mass is 19.4. The molecule has 2 rings (SSSR count). The van der Waals surface area contributed by atoms with Crippen LogP contribution < -0.4 is 14.8 Å². The highest BCUT2D eigenvalue weighted by Crippen LogP contribution is 2.35. The lowest BCUT2D eigenvalue weighted by atomic mass is 10.3. The van der Waals surface area contributed by atoms with Gasteiger partial charge in [-0.3, -0.25) is 0 Å². The van der Waals surface area contributed by atoms with E-state index in [1.165, 1.54) is 0 Å². The van der Waals surface area contributed by atoms with Gasteiger partial charge in [0, 0.05) is 11.9 Å². The molecule has 1 aromatic heterocycles. The number of halogens is 3. The van der Waals surface area contributed by atoms with Gasteiger partial charge in [0.15, 0.2) is 0 Å². The first-order chi connectivity index (χ1) is 10.8. The minimum absolute atomic E-state index is 0.00683. The summed E-state index contributed by atoms with van der Waals surface area (Å²) in [7, 11) is 1.12. The summed E-state index contributed by atoms with van der Waals surface area (Å²) in [5, 5.41) is 2.81.